The summed E-state index contributed by atoms with van der Waals surface area (Å²) in [7, 11) is 0. The van der Waals surface area contributed by atoms with E-state index in [9.17, 15) is 14.7 Å². The third kappa shape index (κ3) is 5.25. The Morgan fingerprint density at radius 1 is 1.42 bits per heavy atom. The summed E-state index contributed by atoms with van der Waals surface area (Å²) in [5.74, 6) is -0.690. The molecule has 19 heavy (non-hydrogen) atoms. The fourth-order valence-electron chi connectivity index (χ4n) is 1.31. The zero-order chi connectivity index (χ0) is 14.3. The lowest BCUT2D eigenvalue weighted by Gasteiger charge is -2.06. The monoisotopic (exact) mass is 263 g/mol. The Balaban J connectivity index is 2.25. The van der Waals surface area contributed by atoms with Crippen LogP contribution in [-0.2, 0) is 9.53 Å². The molecule has 0 fully saturated rings. The molecule has 1 amide bonds. The summed E-state index contributed by atoms with van der Waals surface area (Å²) in [5, 5.41) is 11.9. The average Bonchev–Trinajstić information content (AvgIpc) is 2.37. The highest BCUT2D eigenvalue weighted by Crippen LogP contribution is 2.11. The molecule has 1 rings (SSSR count). The lowest BCUT2D eigenvalue weighted by atomic mass is 10.2. The van der Waals surface area contributed by atoms with Crippen molar-refractivity contribution in [2.45, 2.75) is 13.3 Å². The van der Waals surface area contributed by atoms with E-state index in [1.165, 1.54) is 12.1 Å². The van der Waals surface area contributed by atoms with Crippen LogP contribution < -0.4 is 5.32 Å². The number of amides is 1. The summed E-state index contributed by atoms with van der Waals surface area (Å²) < 4.78 is 5.00. The first-order valence-electron chi connectivity index (χ1n) is 5.90. The van der Waals surface area contributed by atoms with Gasteiger partial charge in [0.05, 0.1) is 12.2 Å². The Bertz CT molecular complexity index is 482. The van der Waals surface area contributed by atoms with Gasteiger partial charge in [-0.3, -0.25) is 4.79 Å². The van der Waals surface area contributed by atoms with Gasteiger partial charge in [-0.2, -0.15) is 0 Å². The number of ether oxygens (including phenoxy) is 1. The number of aromatic hydroxyl groups is 1. The fourth-order valence-corrected chi connectivity index (χ4v) is 1.31. The van der Waals surface area contributed by atoms with Crippen molar-refractivity contribution in [3.63, 3.8) is 0 Å². The molecule has 0 saturated carbocycles. The van der Waals surface area contributed by atoms with E-state index in [2.05, 4.69) is 11.9 Å². The van der Waals surface area contributed by atoms with Gasteiger partial charge < -0.3 is 15.2 Å². The van der Waals surface area contributed by atoms with Gasteiger partial charge in [0, 0.05) is 12.1 Å². The molecular formula is C14H17NO4. The predicted molar refractivity (Wildman–Crippen MR) is 70.8 cm³/mol. The second-order valence-corrected chi connectivity index (χ2v) is 4.08. The first kappa shape index (κ1) is 14.8. The fraction of sp³-hybridized carbons (Fsp3) is 0.286. The highest BCUT2D eigenvalue weighted by molar-refractivity contribution is 5.92. The molecule has 2 N–H and O–H groups in total. The first-order chi connectivity index (χ1) is 9.00. The van der Waals surface area contributed by atoms with Crippen molar-refractivity contribution in [2.75, 3.05) is 13.2 Å². The molecule has 0 aliphatic rings. The minimum absolute atomic E-state index is 0.0168. The highest BCUT2D eigenvalue weighted by Gasteiger charge is 2.07. The van der Waals surface area contributed by atoms with Gasteiger partial charge in [0.1, 0.15) is 5.75 Å². The van der Waals surface area contributed by atoms with E-state index in [4.69, 9.17) is 4.74 Å². The van der Waals surface area contributed by atoms with E-state index < -0.39 is 5.97 Å². The van der Waals surface area contributed by atoms with E-state index in [0.717, 1.165) is 0 Å². The lowest BCUT2D eigenvalue weighted by Crippen LogP contribution is -2.25. The molecule has 0 bridgehead atoms. The van der Waals surface area contributed by atoms with E-state index in [-0.39, 0.29) is 18.3 Å². The summed E-state index contributed by atoms with van der Waals surface area (Å²) in [4.78, 5) is 22.7. The van der Waals surface area contributed by atoms with Crippen LogP contribution in [0.25, 0.3) is 0 Å². The quantitative estimate of drug-likeness (QED) is 0.464. The molecule has 1 aromatic rings. The van der Waals surface area contributed by atoms with Gasteiger partial charge in [0.2, 0.25) is 5.91 Å². The topological polar surface area (TPSA) is 75.6 Å². The van der Waals surface area contributed by atoms with Gasteiger partial charge in [0.25, 0.3) is 0 Å². The molecule has 0 spiro atoms. The highest BCUT2D eigenvalue weighted by atomic mass is 16.5. The molecule has 0 aliphatic heterocycles. The minimum atomic E-state index is -0.498. The number of phenolic OH excluding ortho intramolecular Hbond substituents is 1. The molecule has 5 heteroatoms. The molecule has 0 saturated heterocycles. The summed E-state index contributed by atoms with van der Waals surface area (Å²) >= 11 is 0. The van der Waals surface area contributed by atoms with Crippen molar-refractivity contribution >= 4 is 11.9 Å². The van der Waals surface area contributed by atoms with Gasteiger partial charge in [-0.15, -0.1) is 0 Å². The largest absolute Gasteiger partial charge is 0.508 e. The Kier molecular flexibility index (Phi) is 5.60. The normalized spacial score (nSPS) is 9.74. The number of rotatable bonds is 6. The van der Waals surface area contributed by atoms with Gasteiger partial charge in [0.15, 0.2) is 0 Å². The SMILES string of the molecule is C=C(C)C(=O)NCCCOC(=O)c1cccc(O)c1. The van der Waals surface area contributed by atoms with Crippen LogP contribution in [0.1, 0.15) is 23.7 Å². The van der Waals surface area contributed by atoms with Gasteiger partial charge >= 0.3 is 5.97 Å². The second kappa shape index (κ2) is 7.20. The van der Waals surface area contributed by atoms with Crippen LogP contribution in [-0.4, -0.2) is 30.1 Å². The summed E-state index contributed by atoms with van der Waals surface area (Å²) in [6.07, 6.45) is 0.517. The maximum absolute atomic E-state index is 11.6. The average molecular weight is 263 g/mol. The molecule has 5 nitrogen and oxygen atoms in total. The molecule has 0 unspecified atom stereocenters. The van der Waals surface area contributed by atoms with E-state index in [1.807, 2.05) is 0 Å². The van der Waals surface area contributed by atoms with Crippen molar-refractivity contribution in [2.24, 2.45) is 0 Å². The zero-order valence-corrected chi connectivity index (χ0v) is 10.8. The Hall–Kier alpha value is -2.30. The van der Waals surface area contributed by atoms with Crippen LogP contribution in [0.4, 0.5) is 0 Å². The number of hydrogen-bond acceptors (Lipinski definition) is 4. The van der Waals surface area contributed by atoms with Gasteiger partial charge in [-0.1, -0.05) is 12.6 Å². The van der Waals surface area contributed by atoms with Crippen molar-refractivity contribution in [1.82, 2.24) is 5.32 Å². The van der Waals surface area contributed by atoms with Gasteiger partial charge in [-0.25, -0.2) is 4.79 Å². The summed E-state index contributed by atoms with van der Waals surface area (Å²) in [6, 6.07) is 5.94. The molecule has 0 atom stereocenters. The van der Waals surface area contributed by atoms with Crippen molar-refractivity contribution < 1.29 is 19.4 Å². The van der Waals surface area contributed by atoms with Crippen LogP contribution in [0.3, 0.4) is 0 Å². The van der Waals surface area contributed by atoms with Crippen LogP contribution in [0, 0.1) is 0 Å². The summed E-state index contributed by atoms with van der Waals surface area (Å²) in [6.45, 7) is 5.75. The van der Waals surface area contributed by atoms with Crippen LogP contribution in [0.2, 0.25) is 0 Å². The number of carbonyl (C=O) groups excluding carboxylic acids is 2. The number of hydrogen-bond donors (Lipinski definition) is 2. The molecule has 0 radical (unpaired) electrons. The smallest absolute Gasteiger partial charge is 0.338 e. The van der Waals surface area contributed by atoms with Gasteiger partial charge in [-0.05, 0) is 31.5 Å². The Morgan fingerprint density at radius 3 is 2.79 bits per heavy atom. The predicted octanol–water partition coefficient (Wildman–Crippen LogP) is 1.63. The maximum Gasteiger partial charge on any atom is 0.338 e. The standard InChI is InChI=1S/C14H17NO4/c1-10(2)13(17)15-7-4-8-19-14(18)11-5-3-6-12(16)9-11/h3,5-6,9,16H,1,4,7-8H2,2H3,(H,15,17). The van der Waals surface area contributed by atoms with E-state index >= 15 is 0 Å². The molecule has 0 aromatic heterocycles. The number of nitrogens with one attached hydrogen (secondary N) is 1. The van der Waals surface area contributed by atoms with E-state index in [1.54, 1.807) is 19.1 Å². The molecular weight excluding hydrogens is 246 g/mol. The number of benzene rings is 1. The molecule has 1 aromatic carbocycles. The van der Waals surface area contributed by atoms with Crippen LogP contribution >= 0.6 is 0 Å². The Morgan fingerprint density at radius 2 is 2.16 bits per heavy atom. The minimum Gasteiger partial charge on any atom is -0.508 e. The van der Waals surface area contributed by atoms with Crippen molar-refractivity contribution in [3.8, 4) is 5.75 Å². The third-order valence-corrected chi connectivity index (χ3v) is 2.31. The van der Waals surface area contributed by atoms with Crippen molar-refractivity contribution in [1.29, 1.82) is 0 Å². The molecule has 102 valence electrons. The van der Waals surface area contributed by atoms with Crippen LogP contribution in [0.5, 0.6) is 5.75 Å². The second-order valence-electron chi connectivity index (χ2n) is 4.08. The molecule has 0 heterocycles. The van der Waals surface area contributed by atoms with Crippen molar-refractivity contribution in [3.05, 3.63) is 42.0 Å². The number of esters is 1. The van der Waals surface area contributed by atoms with E-state index in [0.29, 0.717) is 24.1 Å². The molecule has 0 aliphatic carbocycles. The number of carbonyl (C=O) groups is 2. The third-order valence-electron chi connectivity index (χ3n) is 2.31. The maximum atomic E-state index is 11.6. The first-order valence-corrected chi connectivity index (χ1v) is 5.90. The Labute approximate surface area is 111 Å². The summed E-state index contributed by atoms with van der Waals surface area (Å²) in [5.41, 5.74) is 0.739. The lowest BCUT2D eigenvalue weighted by molar-refractivity contribution is -0.117. The zero-order valence-electron chi connectivity index (χ0n) is 10.8. The number of phenols is 1. The van der Waals surface area contributed by atoms with Crippen LogP contribution in [0.15, 0.2) is 36.4 Å².